The number of hydrogen-bond acceptors (Lipinski definition) is 3. The zero-order chi connectivity index (χ0) is 10.4. The van der Waals surface area contributed by atoms with Gasteiger partial charge >= 0.3 is 11.9 Å². The number of nitrogens with one attached hydrogen (secondary N) is 1. The van der Waals surface area contributed by atoms with Crippen LogP contribution in [0.4, 0.5) is 0 Å². The molecule has 0 bridgehead atoms. The first-order chi connectivity index (χ1) is 5.95. The lowest BCUT2D eigenvalue weighted by Crippen LogP contribution is -2.05. The van der Waals surface area contributed by atoms with Crippen molar-refractivity contribution in [3.05, 3.63) is 23.5 Å². The predicted octanol–water partition coefficient (Wildman–Crippen LogP) is 0.553. The Bertz CT molecular complexity index is 250. The van der Waals surface area contributed by atoms with Crippen LogP contribution >= 0.6 is 0 Å². The van der Waals surface area contributed by atoms with E-state index in [1.807, 2.05) is 0 Å². The van der Waals surface area contributed by atoms with Gasteiger partial charge in [0, 0.05) is 23.5 Å². The molecule has 0 aliphatic rings. The molecule has 0 atom stereocenters. The van der Waals surface area contributed by atoms with Gasteiger partial charge in [0.15, 0.2) is 0 Å². The van der Waals surface area contributed by atoms with E-state index in [1.165, 1.54) is 26.2 Å². The summed E-state index contributed by atoms with van der Waals surface area (Å²) in [5, 5.41) is 19.3. The average Bonchev–Trinajstić information content (AvgIpc) is 2.03. The minimum atomic E-state index is -1.05. The van der Waals surface area contributed by atoms with Crippen molar-refractivity contribution in [2.24, 2.45) is 0 Å². The molecule has 0 unspecified atom stereocenters. The molecule has 0 radical (unpaired) electrons. The normalized spacial score (nSPS) is 12.5. The molecule has 13 heavy (non-hydrogen) atoms. The van der Waals surface area contributed by atoms with Crippen molar-refractivity contribution in [1.82, 2.24) is 5.32 Å². The first kappa shape index (κ1) is 11.2. The second kappa shape index (κ2) is 4.97. The number of carboxylic acid groups (broad SMARTS) is 2. The van der Waals surface area contributed by atoms with E-state index >= 15 is 0 Å². The summed E-state index contributed by atoms with van der Waals surface area (Å²) in [7, 11) is 0. The van der Waals surface area contributed by atoms with E-state index in [0.717, 1.165) is 0 Å². The molecule has 0 aromatic rings. The number of hydrogen-bond donors (Lipinski definition) is 3. The highest BCUT2D eigenvalue weighted by Crippen LogP contribution is 1.91. The van der Waals surface area contributed by atoms with Crippen LogP contribution in [0.3, 0.4) is 0 Å². The van der Waals surface area contributed by atoms with Crippen LogP contribution in [0.25, 0.3) is 0 Å². The van der Waals surface area contributed by atoms with Crippen molar-refractivity contribution in [3.63, 3.8) is 0 Å². The van der Waals surface area contributed by atoms with Gasteiger partial charge in [-0.25, -0.2) is 9.59 Å². The van der Waals surface area contributed by atoms with Gasteiger partial charge in [0.05, 0.1) is 0 Å². The fourth-order valence-electron chi connectivity index (χ4n) is 0.415. The first-order valence-corrected chi connectivity index (χ1v) is 3.51. The zero-order valence-corrected chi connectivity index (χ0v) is 7.37. The molecule has 0 spiro atoms. The summed E-state index contributed by atoms with van der Waals surface area (Å²) in [6, 6.07) is 0. The van der Waals surface area contributed by atoms with E-state index in [1.54, 1.807) is 0 Å². The van der Waals surface area contributed by atoms with Crippen LogP contribution in [0.5, 0.6) is 0 Å². The Balaban J connectivity index is 4.19. The topological polar surface area (TPSA) is 86.6 Å². The molecular formula is C8H11NO4. The van der Waals surface area contributed by atoms with Crippen molar-refractivity contribution >= 4 is 11.9 Å². The maximum Gasteiger partial charge on any atom is 0.332 e. The zero-order valence-electron chi connectivity index (χ0n) is 7.37. The lowest BCUT2D eigenvalue weighted by atomic mass is 10.3. The fraction of sp³-hybridized carbons (Fsp3) is 0.250. The van der Waals surface area contributed by atoms with Gasteiger partial charge in [-0.15, -0.1) is 0 Å². The Morgan fingerprint density at radius 2 is 1.31 bits per heavy atom. The Morgan fingerprint density at radius 3 is 1.54 bits per heavy atom. The first-order valence-electron chi connectivity index (χ1n) is 3.51. The molecule has 0 aromatic heterocycles. The highest BCUT2D eigenvalue weighted by atomic mass is 16.4. The van der Waals surface area contributed by atoms with Crippen LogP contribution in [0.15, 0.2) is 23.5 Å². The number of rotatable bonds is 4. The Kier molecular flexibility index (Phi) is 4.29. The van der Waals surface area contributed by atoms with Gasteiger partial charge < -0.3 is 15.5 Å². The van der Waals surface area contributed by atoms with E-state index in [0.29, 0.717) is 0 Å². The summed E-state index contributed by atoms with van der Waals surface area (Å²) in [5.41, 5.74) is 0.212. The van der Waals surface area contributed by atoms with Crippen molar-refractivity contribution in [1.29, 1.82) is 0 Å². The van der Waals surface area contributed by atoms with Crippen LogP contribution in [-0.2, 0) is 9.59 Å². The molecule has 5 heteroatoms. The van der Waals surface area contributed by atoms with Crippen LogP contribution in [0, 0.1) is 0 Å². The van der Waals surface area contributed by atoms with E-state index in [4.69, 9.17) is 10.2 Å². The standard InChI is InChI=1S/C8H11NO4/c1-5(7(10)11)3-9-4-6(2)8(12)13/h3-4,9H,1-2H3,(H,10,11)(H,12,13). The Morgan fingerprint density at radius 1 is 1.00 bits per heavy atom. The molecule has 0 fully saturated rings. The Hall–Kier alpha value is -1.78. The summed E-state index contributed by atoms with van der Waals surface area (Å²) in [5.74, 6) is -2.09. The van der Waals surface area contributed by atoms with E-state index in [-0.39, 0.29) is 11.1 Å². The SMILES string of the molecule is CC(=CNC=C(C)C(=O)O)C(=O)O. The van der Waals surface area contributed by atoms with E-state index in [9.17, 15) is 9.59 Å². The molecule has 0 amide bonds. The minimum absolute atomic E-state index is 0.106. The largest absolute Gasteiger partial charge is 0.478 e. The molecule has 0 aromatic carbocycles. The summed E-state index contributed by atoms with van der Waals surface area (Å²) >= 11 is 0. The Labute approximate surface area is 75.4 Å². The fourth-order valence-corrected chi connectivity index (χ4v) is 0.415. The van der Waals surface area contributed by atoms with Crippen LogP contribution < -0.4 is 5.32 Å². The predicted molar refractivity (Wildman–Crippen MR) is 45.9 cm³/mol. The highest BCUT2D eigenvalue weighted by molar-refractivity contribution is 5.86. The molecule has 0 rings (SSSR count). The third-order valence-corrected chi connectivity index (χ3v) is 1.27. The molecule has 0 aliphatic heterocycles. The number of aliphatic carboxylic acids is 2. The summed E-state index contributed by atoms with van der Waals surface area (Å²) in [6.45, 7) is 2.80. The summed E-state index contributed by atoms with van der Waals surface area (Å²) < 4.78 is 0. The second-order valence-corrected chi connectivity index (χ2v) is 2.43. The molecule has 0 heterocycles. The van der Waals surface area contributed by atoms with Gasteiger partial charge in [0.2, 0.25) is 0 Å². The van der Waals surface area contributed by atoms with Crippen molar-refractivity contribution in [2.75, 3.05) is 0 Å². The third-order valence-electron chi connectivity index (χ3n) is 1.27. The number of carbonyl (C=O) groups is 2. The monoisotopic (exact) mass is 185 g/mol. The smallest absolute Gasteiger partial charge is 0.332 e. The minimum Gasteiger partial charge on any atom is -0.478 e. The molecular weight excluding hydrogens is 174 g/mol. The lowest BCUT2D eigenvalue weighted by molar-refractivity contribution is -0.133. The van der Waals surface area contributed by atoms with Gasteiger partial charge in [0.25, 0.3) is 0 Å². The molecule has 3 N–H and O–H groups in total. The van der Waals surface area contributed by atoms with Gasteiger partial charge in [-0.3, -0.25) is 0 Å². The van der Waals surface area contributed by atoms with Crippen molar-refractivity contribution in [2.45, 2.75) is 13.8 Å². The average molecular weight is 185 g/mol. The van der Waals surface area contributed by atoms with E-state index in [2.05, 4.69) is 5.32 Å². The summed E-state index contributed by atoms with van der Waals surface area (Å²) in [4.78, 5) is 20.5. The van der Waals surface area contributed by atoms with Crippen LogP contribution in [-0.4, -0.2) is 22.2 Å². The molecule has 0 saturated carbocycles. The van der Waals surface area contributed by atoms with Gasteiger partial charge in [0.1, 0.15) is 0 Å². The van der Waals surface area contributed by atoms with Crippen molar-refractivity contribution < 1.29 is 19.8 Å². The van der Waals surface area contributed by atoms with Gasteiger partial charge in [-0.2, -0.15) is 0 Å². The maximum atomic E-state index is 10.3. The van der Waals surface area contributed by atoms with Crippen LogP contribution in [0.2, 0.25) is 0 Å². The molecule has 0 aliphatic carbocycles. The van der Waals surface area contributed by atoms with E-state index < -0.39 is 11.9 Å². The van der Waals surface area contributed by atoms with Gasteiger partial charge in [-0.1, -0.05) is 0 Å². The van der Waals surface area contributed by atoms with Crippen LogP contribution in [0.1, 0.15) is 13.8 Å². The van der Waals surface area contributed by atoms with Crippen molar-refractivity contribution in [3.8, 4) is 0 Å². The molecule has 72 valence electrons. The quantitative estimate of drug-likeness (QED) is 0.557. The number of carboxylic acids is 2. The summed E-state index contributed by atoms with van der Waals surface area (Å²) in [6.07, 6.45) is 2.43. The third kappa shape index (κ3) is 4.62. The highest BCUT2D eigenvalue weighted by Gasteiger charge is 1.99. The maximum absolute atomic E-state index is 10.3. The second-order valence-electron chi connectivity index (χ2n) is 2.43. The molecule has 5 nitrogen and oxygen atoms in total. The lowest BCUT2D eigenvalue weighted by Gasteiger charge is -1.95. The van der Waals surface area contributed by atoms with Gasteiger partial charge in [-0.05, 0) is 13.8 Å². The molecule has 0 saturated heterocycles.